The predicted molar refractivity (Wildman–Crippen MR) is 74.4 cm³/mol. The molecule has 1 aromatic rings. The predicted octanol–water partition coefficient (Wildman–Crippen LogP) is 2.09. The summed E-state index contributed by atoms with van der Waals surface area (Å²) < 4.78 is 0.712. The van der Waals surface area contributed by atoms with Gasteiger partial charge >= 0.3 is 0 Å². The van der Waals surface area contributed by atoms with Gasteiger partial charge in [0.1, 0.15) is 6.04 Å². The lowest BCUT2D eigenvalue weighted by atomic mass is 10.2. The second-order valence-corrected chi connectivity index (χ2v) is 4.82. The minimum atomic E-state index is -0.545. The molecule has 18 heavy (non-hydrogen) atoms. The molecule has 1 aromatic carbocycles. The number of nitrogens with one attached hydrogen (secondary N) is 2. The van der Waals surface area contributed by atoms with Crippen LogP contribution in [0.5, 0.6) is 0 Å². The zero-order chi connectivity index (χ0) is 13.5. The van der Waals surface area contributed by atoms with Gasteiger partial charge in [0, 0.05) is 11.0 Å². The van der Waals surface area contributed by atoms with Crippen LogP contribution in [0.3, 0.4) is 0 Å². The molecule has 1 unspecified atom stereocenters. The molecule has 2 amide bonds. The second kappa shape index (κ2) is 7.16. The SMILES string of the molecule is CCCNC(=O)C(C)NC(=O)c1ccccc1Br. The van der Waals surface area contributed by atoms with Gasteiger partial charge in [0.25, 0.3) is 5.91 Å². The van der Waals surface area contributed by atoms with Crippen LogP contribution in [0.2, 0.25) is 0 Å². The third-order valence-corrected chi connectivity index (χ3v) is 3.10. The van der Waals surface area contributed by atoms with Crippen LogP contribution < -0.4 is 10.6 Å². The number of hydrogen-bond donors (Lipinski definition) is 2. The summed E-state index contributed by atoms with van der Waals surface area (Å²) in [7, 11) is 0. The summed E-state index contributed by atoms with van der Waals surface area (Å²) in [6.07, 6.45) is 0.872. The Labute approximate surface area is 115 Å². The summed E-state index contributed by atoms with van der Waals surface area (Å²) in [5, 5.41) is 5.40. The van der Waals surface area contributed by atoms with Crippen molar-refractivity contribution in [2.75, 3.05) is 6.54 Å². The van der Waals surface area contributed by atoms with Gasteiger partial charge in [0.05, 0.1) is 5.56 Å². The van der Waals surface area contributed by atoms with Gasteiger partial charge in [-0.2, -0.15) is 0 Å². The summed E-state index contributed by atoms with van der Waals surface area (Å²) >= 11 is 3.30. The van der Waals surface area contributed by atoms with Crippen LogP contribution in [0.15, 0.2) is 28.7 Å². The van der Waals surface area contributed by atoms with Crippen LogP contribution in [0.25, 0.3) is 0 Å². The average Bonchev–Trinajstić information content (AvgIpc) is 2.36. The number of benzene rings is 1. The lowest BCUT2D eigenvalue weighted by molar-refractivity contribution is -0.122. The number of carbonyl (C=O) groups is 2. The molecular weight excluding hydrogens is 296 g/mol. The fourth-order valence-corrected chi connectivity index (χ4v) is 1.85. The van der Waals surface area contributed by atoms with Crippen LogP contribution in [0, 0.1) is 0 Å². The zero-order valence-corrected chi connectivity index (χ0v) is 12.1. The highest BCUT2D eigenvalue weighted by Crippen LogP contribution is 2.15. The molecule has 98 valence electrons. The molecule has 2 N–H and O–H groups in total. The normalized spacial score (nSPS) is 11.7. The Hall–Kier alpha value is -1.36. The van der Waals surface area contributed by atoms with Crippen LogP contribution in [-0.4, -0.2) is 24.4 Å². The highest BCUT2D eigenvalue weighted by atomic mass is 79.9. The summed E-state index contributed by atoms with van der Waals surface area (Å²) in [4.78, 5) is 23.5. The van der Waals surface area contributed by atoms with Crippen molar-refractivity contribution in [3.05, 3.63) is 34.3 Å². The minimum Gasteiger partial charge on any atom is -0.354 e. The minimum absolute atomic E-state index is 0.169. The third-order valence-electron chi connectivity index (χ3n) is 2.41. The van der Waals surface area contributed by atoms with E-state index in [1.54, 1.807) is 25.1 Å². The summed E-state index contributed by atoms with van der Waals surface area (Å²) in [6.45, 7) is 4.26. The lowest BCUT2D eigenvalue weighted by Crippen LogP contribution is -2.45. The van der Waals surface area contributed by atoms with Gasteiger partial charge in [-0.15, -0.1) is 0 Å². The van der Waals surface area contributed by atoms with E-state index in [4.69, 9.17) is 0 Å². The molecule has 0 aliphatic heterocycles. The van der Waals surface area contributed by atoms with Crippen molar-refractivity contribution in [3.8, 4) is 0 Å². The van der Waals surface area contributed by atoms with E-state index < -0.39 is 6.04 Å². The first-order chi connectivity index (χ1) is 8.56. The van der Waals surface area contributed by atoms with E-state index in [1.807, 2.05) is 13.0 Å². The monoisotopic (exact) mass is 312 g/mol. The van der Waals surface area contributed by atoms with E-state index in [1.165, 1.54) is 0 Å². The van der Waals surface area contributed by atoms with E-state index in [2.05, 4.69) is 26.6 Å². The van der Waals surface area contributed by atoms with Gasteiger partial charge in [-0.05, 0) is 41.4 Å². The largest absolute Gasteiger partial charge is 0.354 e. The Bertz CT molecular complexity index is 435. The van der Waals surface area contributed by atoms with Gasteiger partial charge in [-0.1, -0.05) is 19.1 Å². The Morgan fingerprint density at radius 3 is 2.61 bits per heavy atom. The van der Waals surface area contributed by atoms with Crippen LogP contribution in [0.1, 0.15) is 30.6 Å². The van der Waals surface area contributed by atoms with Crippen LogP contribution in [0.4, 0.5) is 0 Å². The molecule has 0 saturated heterocycles. The van der Waals surface area contributed by atoms with Crippen molar-refractivity contribution in [3.63, 3.8) is 0 Å². The van der Waals surface area contributed by atoms with Crippen molar-refractivity contribution in [2.45, 2.75) is 26.3 Å². The second-order valence-electron chi connectivity index (χ2n) is 3.97. The number of carbonyl (C=O) groups excluding carboxylic acids is 2. The van der Waals surface area contributed by atoms with E-state index >= 15 is 0 Å². The molecule has 0 aliphatic carbocycles. The molecule has 0 saturated carbocycles. The standard InChI is InChI=1S/C13H17BrN2O2/c1-3-8-15-12(17)9(2)16-13(18)10-6-4-5-7-11(10)14/h4-7,9H,3,8H2,1-2H3,(H,15,17)(H,16,18). The van der Waals surface area contributed by atoms with Crippen molar-refractivity contribution in [1.29, 1.82) is 0 Å². The molecule has 0 fully saturated rings. The van der Waals surface area contributed by atoms with Crippen molar-refractivity contribution >= 4 is 27.7 Å². The Balaban J connectivity index is 2.60. The van der Waals surface area contributed by atoms with Gasteiger partial charge in [-0.3, -0.25) is 9.59 Å². The third kappa shape index (κ3) is 4.14. The molecule has 0 aromatic heterocycles. The van der Waals surface area contributed by atoms with E-state index in [0.717, 1.165) is 6.42 Å². The zero-order valence-electron chi connectivity index (χ0n) is 10.5. The van der Waals surface area contributed by atoms with Crippen LogP contribution >= 0.6 is 15.9 Å². The Kier molecular flexibility index (Phi) is 5.85. The van der Waals surface area contributed by atoms with Crippen molar-refractivity contribution in [1.82, 2.24) is 10.6 Å². The maximum atomic E-state index is 11.9. The Morgan fingerprint density at radius 2 is 2.00 bits per heavy atom. The molecule has 1 rings (SSSR count). The lowest BCUT2D eigenvalue weighted by Gasteiger charge is -2.14. The number of halogens is 1. The van der Waals surface area contributed by atoms with E-state index in [-0.39, 0.29) is 11.8 Å². The molecule has 0 aliphatic rings. The van der Waals surface area contributed by atoms with Gasteiger partial charge in [0.15, 0.2) is 0 Å². The van der Waals surface area contributed by atoms with Crippen molar-refractivity contribution in [2.24, 2.45) is 0 Å². The fraction of sp³-hybridized carbons (Fsp3) is 0.385. The highest BCUT2D eigenvalue weighted by molar-refractivity contribution is 9.10. The molecule has 0 bridgehead atoms. The molecule has 1 atom stereocenters. The maximum Gasteiger partial charge on any atom is 0.253 e. The van der Waals surface area contributed by atoms with E-state index in [0.29, 0.717) is 16.6 Å². The first-order valence-corrected chi connectivity index (χ1v) is 6.68. The van der Waals surface area contributed by atoms with Crippen LogP contribution in [-0.2, 0) is 4.79 Å². The number of amides is 2. The maximum absolute atomic E-state index is 11.9. The molecule has 0 spiro atoms. The molecule has 0 heterocycles. The first-order valence-electron chi connectivity index (χ1n) is 5.89. The summed E-state index contributed by atoms with van der Waals surface area (Å²) in [5.41, 5.74) is 0.521. The van der Waals surface area contributed by atoms with Gasteiger partial charge < -0.3 is 10.6 Å². The van der Waals surface area contributed by atoms with E-state index in [9.17, 15) is 9.59 Å². The smallest absolute Gasteiger partial charge is 0.253 e. The van der Waals surface area contributed by atoms with Gasteiger partial charge in [-0.25, -0.2) is 0 Å². The quantitative estimate of drug-likeness (QED) is 0.874. The summed E-state index contributed by atoms with van der Waals surface area (Å²) in [6, 6.07) is 6.56. The highest BCUT2D eigenvalue weighted by Gasteiger charge is 2.17. The number of rotatable bonds is 5. The fourth-order valence-electron chi connectivity index (χ4n) is 1.39. The van der Waals surface area contributed by atoms with Crippen molar-refractivity contribution < 1.29 is 9.59 Å². The molecule has 4 nitrogen and oxygen atoms in total. The number of hydrogen-bond acceptors (Lipinski definition) is 2. The van der Waals surface area contributed by atoms with Gasteiger partial charge in [0.2, 0.25) is 5.91 Å². The topological polar surface area (TPSA) is 58.2 Å². The Morgan fingerprint density at radius 1 is 1.33 bits per heavy atom. The summed E-state index contributed by atoms with van der Waals surface area (Å²) in [5.74, 6) is -0.432. The molecular formula is C13H17BrN2O2. The first kappa shape index (κ1) is 14.7. The average molecular weight is 313 g/mol. The molecule has 5 heteroatoms. The molecule has 0 radical (unpaired) electrons.